The maximum absolute atomic E-state index is 13.5. The molecule has 1 N–H and O–H groups in total. The standard InChI is InChI=1S/C35H35F3N2O4/c1-39(30(42)15-10-23-8-5-9-25(20-23)44-35(36,37)38)27-13-12-26-28-21-24-11-14-29(41)32-31(24)34(26,33(27)43-32)17-19-40(28)18-16-22-6-3-2-4-7-22/h2-11,14-15,20,26-28,33,41H,12-13,16-19,21H2,1H3/t26-,27-,28+,33-,34-/m0/s1. The maximum atomic E-state index is 13.5. The first kappa shape index (κ1) is 28.8. The Kier molecular flexibility index (Phi) is 7.11. The van der Waals surface area contributed by atoms with Crippen molar-refractivity contribution in [3.8, 4) is 17.2 Å². The van der Waals surface area contributed by atoms with Gasteiger partial charge in [-0.15, -0.1) is 13.2 Å². The molecule has 3 aromatic rings. The Labute approximate surface area is 254 Å². The number of hydrogen-bond acceptors (Lipinski definition) is 5. The number of nitrogens with zero attached hydrogens (tertiary/aromatic N) is 2. The van der Waals surface area contributed by atoms with Crippen LogP contribution < -0.4 is 9.47 Å². The number of benzene rings is 3. The fourth-order valence-electron chi connectivity index (χ4n) is 8.45. The number of rotatable bonds is 7. The van der Waals surface area contributed by atoms with Crippen molar-refractivity contribution in [2.75, 3.05) is 20.1 Å². The fourth-order valence-corrected chi connectivity index (χ4v) is 8.45. The minimum atomic E-state index is -4.79. The third kappa shape index (κ3) is 4.91. The molecule has 1 saturated carbocycles. The van der Waals surface area contributed by atoms with Gasteiger partial charge in [0.1, 0.15) is 11.9 Å². The van der Waals surface area contributed by atoms with Crippen LogP contribution in [0.25, 0.3) is 6.08 Å². The molecule has 2 aliphatic heterocycles. The molecule has 6 nitrogen and oxygen atoms in total. The van der Waals surface area contributed by atoms with Gasteiger partial charge in [0.2, 0.25) is 5.91 Å². The molecule has 2 heterocycles. The fraction of sp³-hybridized carbons (Fsp3) is 0.400. The van der Waals surface area contributed by atoms with Gasteiger partial charge in [-0.2, -0.15) is 0 Å². The van der Waals surface area contributed by atoms with E-state index in [1.165, 1.54) is 41.5 Å². The minimum absolute atomic E-state index is 0.143. The smallest absolute Gasteiger partial charge is 0.504 e. The van der Waals surface area contributed by atoms with E-state index in [9.17, 15) is 23.1 Å². The first-order chi connectivity index (χ1) is 21.1. The third-order valence-electron chi connectivity index (χ3n) is 10.3. The summed E-state index contributed by atoms with van der Waals surface area (Å²) in [6, 6.07) is 20.0. The van der Waals surface area contributed by atoms with Gasteiger partial charge in [0.05, 0.1) is 6.04 Å². The van der Waals surface area contributed by atoms with E-state index >= 15 is 0 Å². The quantitative estimate of drug-likeness (QED) is 0.330. The molecule has 1 amide bonds. The van der Waals surface area contributed by atoms with Crippen molar-refractivity contribution in [2.24, 2.45) is 5.92 Å². The second kappa shape index (κ2) is 10.9. The van der Waals surface area contributed by atoms with E-state index in [1.54, 1.807) is 24.1 Å². The lowest BCUT2D eigenvalue weighted by Crippen LogP contribution is -2.69. The number of phenolic OH excluding ortho intramolecular Hbond substituents is 1. The number of carbonyl (C=O) groups excluding carboxylic acids is 1. The molecule has 44 heavy (non-hydrogen) atoms. The second-order valence-electron chi connectivity index (χ2n) is 12.5. The Morgan fingerprint density at radius 3 is 2.75 bits per heavy atom. The van der Waals surface area contributed by atoms with Crippen molar-refractivity contribution < 1.29 is 32.5 Å². The Morgan fingerprint density at radius 1 is 1.14 bits per heavy atom. The van der Waals surface area contributed by atoms with Crippen molar-refractivity contribution in [1.29, 1.82) is 0 Å². The van der Waals surface area contributed by atoms with E-state index < -0.39 is 6.36 Å². The number of aromatic hydroxyl groups is 1. The molecule has 1 saturated heterocycles. The van der Waals surface area contributed by atoms with Crippen molar-refractivity contribution in [3.63, 3.8) is 0 Å². The molecular weight excluding hydrogens is 569 g/mol. The Morgan fingerprint density at radius 2 is 1.95 bits per heavy atom. The van der Waals surface area contributed by atoms with Gasteiger partial charge >= 0.3 is 6.36 Å². The lowest BCUT2D eigenvalue weighted by molar-refractivity contribution is -0.274. The molecule has 5 atom stereocenters. The summed E-state index contributed by atoms with van der Waals surface area (Å²) < 4.78 is 48.7. The monoisotopic (exact) mass is 604 g/mol. The van der Waals surface area contributed by atoms with Crippen LogP contribution in [0, 0.1) is 5.92 Å². The number of hydrogen-bond donors (Lipinski definition) is 1. The van der Waals surface area contributed by atoms with E-state index in [0.29, 0.717) is 23.3 Å². The highest BCUT2D eigenvalue weighted by Gasteiger charge is 2.66. The van der Waals surface area contributed by atoms with Crippen LogP contribution in [0.2, 0.25) is 0 Å². The van der Waals surface area contributed by atoms with Gasteiger partial charge in [-0.3, -0.25) is 9.69 Å². The van der Waals surface area contributed by atoms with Crippen LogP contribution in [0.3, 0.4) is 0 Å². The summed E-state index contributed by atoms with van der Waals surface area (Å²) in [6.07, 6.45) is 2.28. The van der Waals surface area contributed by atoms with Crippen LogP contribution in [0.1, 0.15) is 41.5 Å². The van der Waals surface area contributed by atoms with E-state index in [0.717, 1.165) is 50.8 Å². The summed E-state index contributed by atoms with van der Waals surface area (Å²) in [6.45, 7) is 1.90. The molecule has 2 fully saturated rings. The molecule has 9 heteroatoms. The molecule has 0 radical (unpaired) electrons. The summed E-state index contributed by atoms with van der Waals surface area (Å²) in [5.74, 6) is 0.457. The zero-order valence-electron chi connectivity index (χ0n) is 24.5. The lowest BCUT2D eigenvalue weighted by atomic mass is 9.51. The molecule has 3 aromatic carbocycles. The van der Waals surface area contributed by atoms with Gasteiger partial charge in [0, 0.05) is 36.7 Å². The molecule has 230 valence electrons. The highest BCUT2D eigenvalue weighted by Crippen LogP contribution is 2.64. The molecular formula is C35H35F3N2O4. The van der Waals surface area contributed by atoms with Crippen LogP contribution in [-0.4, -0.2) is 65.5 Å². The van der Waals surface area contributed by atoms with E-state index in [2.05, 4.69) is 33.9 Å². The summed E-state index contributed by atoms with van der Waals surface area (Å²) >= 11 is 0. The summed E-state index contributed by atoms with van der Waals surface area (Å²) in [5, 5.41) is 10.9. The van der Waals surface area contributed by atoms with Gasteiger partial charge in [0.15, 0.2) is 11.5 Å². The Bertz CT molecular complexity index is 1590. The number of carbonyl (C=O) groups is 1. The number of likely N-dealkylation sites (N-methyl/N-ethyl adjacent to an activating group) is 1. The largest absolute Gasteiger partial charge is 0.573 e. The molecule has 4 aliphatic rings. The number of likely N-dealkylation sites (tertiary alicyclic amines) is 1. The predicted molar refractivity (Wildman–Crippen MR) is 159 cm³/mol. The molecule has 2 bridgehead atoms. The van der Waals surface area contributed by atoms with Crippen molar-refractivity contribution in [3.05, 3.63) is 95.1 Å². The number of ether oxygens (including phenoxy) is 2. The molecule has 1 spiro atoms. The van der Waals surface area contributed by atoms with Gasteiger partial charge < -0.3 is 19.5 Å². The topological polar surface area (TPSA) is 62.2 Å². The van der Waals surface area contributed by atoms with E-state index in [4.69, 9.17) is 4.74 Å². The minimum Gasteiger partial charge on any atom is -0.504 e. The van der Waals surface area contributed by atoms with Crippen LogP contribution in [0.15, 0.2) is 72.8 Å². The average molecular weight is 605 g/mol. The van der Waals surface area contributed by atoms with Gasteiger partial charge in [-0.05, 0) is 85.5 Å². The van der Waals surface area contributed by atoms with Crippen molar-refractivity contribution in [1.82, 2.24) is 9.80 Å². The zero-order valence-corrected chi connectivity index (χ0v) is 24.5. The lowest BCUT2D eigenvalue weighted by Gasteiger charge is -2.60. The van der Waals surface area contributed by atoms with Crippen molar-refractivity contribution in [2.45, 2.75) is 62.1 Å². The first-order valence-corrected chi connectivity index (χ1v) is 15.2. The number of phenols is 1. The number of amides is 1. The Hall–Kier alpha value is -3.98. The maximum Gasteiger partial charge on any atom is 0.573 e. The average Bonchev–Trinajstić information content (AvgIpc) is 3.35. The van der Waals surface area contributed by atoms with Crippen LogP contribution in [0.4, 0.5) is 13.2 Å². The summed E-state index contributed by atoms with van der Waals surface area (Å²) in [5.41, 5.74) is 3.82. The number of alkyl halides is 3. The second-order valence-corrected chi connectivity index (χ2v) is 12.5. The normalized spacial score (nSPS) is 27.1. The Balaban J connectivity index is 1.14. The number of halogens is 3. The van der Waals surface area contributed by atoms with Crippen LogP contribution in [0.5, 0.6) is 17.2 Å². The van der Waals surface area contributed by atoms with E-state index in [-0.39, 0.29) is 35.0 Å². The first-order valence-electron chi connectivity index (χ1n) is 15.2. The van der Waals surface area contributed by atoms with E-state index in [1.807, 2.05) is 12.1 Å². The number of piperidine rings is 1. The third-order valence-corrected chi connectivity index (χ3v) is 10.3. The van der Waals surface area contributed by atoms with Crippen LogP contribution >= 0.6 is 0 Å². The summed E-state index contributed by atoms with van der Waals surface area (Å²) in [4.78, 5) is 17.8. The summed E-state index contributed by atoms with van der Waals surface area (Å²) in [7, 11) is 1.76. The highest BCUT2D eigenvalue weighted by molar-refractivity contribution is 5.92. The SMILES string of the molecule is CN(C(=O)C=Cc1cccc(OC(F)(F)F)c1)[C@H]1CC[C@H]2[C@H]3Cc4ccc(O)c5c4[C@@]2(CCN3CCc2ccccc2)[C@H]1O5. The van der Waals surface area contributed by atoms with Crippen LogP contribution in [-0.2, 0) is 23.1 Å². The van der Waals surface area contributed by atoms with Gasteiger partial charge in [-0.1, -0.05) is 48.5 Å². The molecule has 0 aromatic heterocycles. The highest BCUT2D eigenvalue weighted by atomic mass is 19.4. The molecule has 7 rings (SSSR count). The zero-order chi connectivity index (χ0) is 30.6. The van der Waals surface area contributed by atoms with Gasteiger partial charge in [0.25, 0.3) is 0 Å². The molecule has 2 aliphatic carbocycles. The predicted octanol–water partition coefficient (Wildman–Crippen LogP) is 6.11. The van der Waals surface area contributed by atoms with Gasteiger partial charge in [-0.25, -0.2) is 0 Å². The molecule has 0 unspecified atom stereocenters. The van der Waals surface area contributed by atoms with Crippen molar-refractivity contribution >= 4 is 12.0 Å².